The van der Waals surface area contributed by atoms with Gasteiger partial charge in [-0.25, -0.2) is 9.97 Å². The highest BCUT2D eigenvalue weighted by Gasteiger charge is 2.28. The number of methoxy groups -OCH3 is 1. The van der Waals surface area contributed by atoms with Crippen molar-refractivity contribution in [1.82, 2.24) is 19.8 Å². The van der Waals surface area contributed by atoms with Crippen molar-refractivity contribution in [2.45, 2.75) is 51.7 Å². The largest absolute Gasteiger partial charge is 0.378 e. The lowest BCUT2D eigenvalue weighted by Crippen LogP contribution is -2.54. The Kier molecular flexibility index (Phi) is 6.15. The predicted molar refractivity (Wildman–Crippen MR) is 106 cm³/mol. The van der Waals surface area contributed by atoms with Crippen molar-refractivity contribution in [3.63, 3.8) is 0 Å². The van der Waals surface area contributed by atoms with Gasteiger partial charge in [0.15, 0.2) is 0 Å². The van der Waals surface area contributed by atoms with Crippen LogP contribution in [0.15, 0.2) is 6.07 Å². The third-order valence-corrected chi connectivity index (χ3v) is 5.48. The topological polar surface area (TPSA) is 44.7 Å². The first kappa shape index (κ1) is 19.5. The summed E-state index contributed by atoms with van der Waals surface area (Å²) in [5.74, 6) is 1.95. The van der Waals surface area contributed by atoms with Crippen molar-refractivity contribution in [1.29, 1.82) is 0 Å². The summed E-state index contributed by atoms with van der Waals surface area (Å²) < 4.78 is 5.32. The first-order valence-electron chi connectivity index (χ1n) is 9.92. The van der Waals surface area contributed by atoms with Gasteiger partial charge in [-0.3, -0.25) is 4.90 Å². The summed E-state index contributed by atoms with van der Waals surface area (Å²) in [6, 6.07) is 2.82. The molecule has 1 aromatic heterocycles. The lowest BCUT2D eigenvalue weighted by molar-refractivity contribution is 0.106. The van der Waals surface area contributed by atoms with E-state index in [2.05, 4.69) is 48.6 Å². The van der Waals surface area contributed by atoms with Crippen LogP contribution in [0.1, 0.15) is 45.1 Å². The zero-order chi connectivity index (χ0) is 18.7. The van der Waals surface area contributed by atoms with Crippen LogP contribution in [0, 0.1) is 0 Å². The molecule has 26 heavy (non-hydrogen) atoms. The van der Waals surface area contributed by atoms with E-state index < -0.39 is 0 Å². The monoisotopic (exact) mass is 361 g/mol. The number of likely N-dealkylation sites (N-methyl/N-ethyl adjacent to an activating group) is 1. The molecule has 0 bridgehead atoms. The van der Waals surface area contributed by atoms with Crippen molar-refractivity contribution in [2.75, 3.05) is 58.3 Å². The second-order valence-corrected chi connectivity index (χ2v) is 8.81. The SMILES string of the molecule is COCc1cc(N2CCN(C3CCCN(C)C3)CC2)nc(C(C)(C)C)n1. The molecule has 6 heteroatoms. The highest BCUT2D eigenvalue weighted by atomic mass is 16.5. The van der Waals surface area contributed by atoms with E-state index in [1.807, 2.05) is 0 Å². The van der Waals surface area contributed by atoms with Crippen LogP contribution >= 0.6 is 0 Å². The van der Waals surface area contributed by atoms with Crippen molar-refractivity contribution < 1.29 is 4.74 Å². The van der Waals surface area contributed by atoms with E-state index in [-0.39, 0.29) is 5.41 Å². The smallest absolute Gasteiger partial charge is 0.136 e. The predicted octanol–water partition coefficient (Wildman–Crippen LogP) is 2.14. The van der Waals surface area contributed by atoms with Crippen LogP contribution in [0.5, 0.6) is 0 Å². The molecule has 3 rings (SSSR count). The number of piperazine rings is 1. The minimum absolute atomic E-state index is 0.0625. The first-order valence-corrected chi connectivity index (χ1v) is 9.92. The molecule has 2 aliphatic rings. The van der Waals surface area contributed by atoms with E-state index in [1.54, 1.807) is 7.11 Å². The fraction of sp³-hybridized carbons (Fsp3) is 0.800. The molecule has 1 atom stereocenters. The Balaban J connectivity index is 1.69. The standard InChI is InChI=1S/C20H35N5O/c1-20(2,3)19-21-16(15-26-5)13-18(22-19)25-11-9-24(10-12-25)17-7-6-8-23(4)14-17/h13,17H,6-12,14-15H2,1-5H3. The summed E-state index contributed by atoms with van der Waals surface area (Å²) >= 11 is 0. The summed E-state index contributed by atoms with van der Waals surface area (Å²) in [5.41, 5.74) is 0.909. The van der Waals surface area contributed by atoms with Gasteiger partial charge in [-0.1, -0.05) is 20.8 Å². The molecular formula is C20H35N5O. The molecule has 2 aliphatic heterocycles. The molecule has 0 amide bonds. The Morgan fingerprint density at radius 1 is 1.12 bits per heavy atom. The molecule has 1 unspecified atom stereocenters. The number of likely N-dealkylation sites (tertiary alicyclic amines) is 1. The van der Waals surface area contributed by atoms with Crippen LogP contribution in [0.25, 0.3) is 0 Å². The van der Waals surface area contributed by atoms with Crippen molar-refractivity contribution in [3.05, 3.63) is 17.6 Å². The quantitative estimate of drug-likeness (QED) is 0.819. The van der Waals surface area contributed by atoms with Crippen LogP contribution < -0.4 is 4.90 Å². The Bertz CT molecular complexity index is 592. The number of hydrogen-bond acceptors (Lipinski definition) is 6. The van der Waals surface area contributed by atoms with Crippen LogP contribution in [0.3, 0.4) is 0 Å². The average molecular weight is 362 g/mol. The second-order valence-electron chi connectivity index (χ2n) is 8.81. The minimum Gasteiger partial charge on any atom is -0.378 e. The number of rotatable bonds is 4. The van der Waals surface area contributed by atoms with Gasteiger partial charge in [0.05, 0.1) is 12.3 Å². The zero-order valence-corrected chi connectivity index (χ0v) is 17.2. The molecule has 6 nitrogen and oxygen atoms in total. The van der Waals surface area contributed by atoms with Gasteiger partial charge in [-0.05, 0) is 26.4 Å². The molecule has 0 aliphatic carbocycles. The highest BCUT2D eigenvalue weighted by molar-refractivity contribution is 5.41. The van der Waals surface area contributed by atoms with Crippen LogP contribution in [0.4, 0.5) is 5.82 Å². The Morgan fingerprint density at radius 2 is 1.85 bits per heavy atom. The molecule has 3 heterocycles. The first-order chi connectivity index (χ1) is 12.4. The van der Waals surface area contributed by atoms with Crippen LogP contribution in [-0.4, -0.2) is 79.2 Å². The third kappa shape index (κ3) is 4.72. The maximum absolute atomic E-state index is 5.32. The van der Waals surface area contributed by atoms with Gasteiger partial charge < -0.3 is 14.5 Å². The Morgan fingerprint density at radius 3 is 2.46 bits per heavy atom. The molecule has 2 saturated heterocycles. The molecule has 0 radical (unpaired) electrons. The average Bonchev–Trinajstić information content (AvgIpc) is 2.61. The molecular weight excluding hydrogens is 326 g/mol. The van der Waals surface area contributed by atoms with E-state index in [9.17, 15) is 0 Å². The van der Waals surface area contributed by atoms with Crippen LogP contribution in [-0.2, 0) is 16.8 Å². The molecule has 0 spiro atoms. The maximum Gasteiger partial charge on any atom is 0.136 e. The Labute approximate surface area is 158 Å². The number of ether oxygens (including phenoxy) is 1. The lowest BCUT2D eigenvalue weighted by atomic mass is 9.95. The molecule has 146 valence electrons. The molecule has 0 saturated carbocycles. The fourth-order valence-electron chi connectivity index (χ4n) is 3.96. The van der Waals surface area contributed by atoms with Gasteiger partial charge in [0, 0.05) is 57.4 Å². The Hall–Kier alpha value is -1.24. The van der Waals surface area contributed by atoms with E-state index in [0.29, 0.717) is 6.61 Å². The number of nitrogens with zero attached hydrogens (tertiary/aromatic N) is 5. The molecule has 0 aromatic carbocycles. The molecule has 2 fully saturated rings. The van der Waals surface area contributed by atoms with E-state index in [1.165, 1.54) is 25.9 Å². The maximum atomic E-state index is 5.32. The van der Waals surface area contributed by atoms with Gasteiger partial charge in [0.25, 0.3) is 0 Å². The summed E-state index contributed by atoms with van der Waals surface area (Å²) in [5, 5.41) is 0. The van der Waals surface area contributed by atoms with Gasteiger partial charge >= 0.3 is 0 Å². The van der Waals surface area contributed by atoms with E-state index in [4.69, 9.17) is 14.7 Å². The van der Waals surface area contributed by atoms with Gasteiger partial charge in [0.2, 0.25) is 0 Å². The third-order valence-electron chi connectivity index (χ3n) is 5.48. The minimum atomic E-state index is -0.0625. The van der Waals surface area contributed by atoms with Gasteiger partial charge in [0.1, 0.15) is 11.6 Å². The van der Waals surface area contributed by atoms with Crippen molar-refractivity contribution >= 4 is 5.82 Å². The summed E-state index contributed by atoms with van der Waals surface area (Å²) in [4.78, 5) is 17.2. The fourth-order valence-corrected chi connectivity index (χ4v) is 3.96. The number of anilines is 1. The summed E-state index contributed by atoms with van der Waals surface area (Å²) in [7, 11) is 3.97. The summed E-state index contributed by atoms with van der Waals surface area (Å²) in [6.45, 7) is 13.8. The van der Waals surface area contributed by atoms with Crippen molar-refractivity contribution in [3.8, 4) is 0 Å². The van der Waals surface area contributed by atoms with Crippen LogP contribution in [0.2, 0.25) is 0 Å². The number of aromatic nitrogens is 2. The molecule has 1 aromatic rings. The molecule has 0 N–H and O–H groups in total. The second kappa shape index (κ2) is 8.19. The highest BCUT2D eigenvalue weighted by Crippen LogP contribution is 2.24. The zero-order valence-electron chi connectivity index (χ0n) is 17.2. The summed E-state index contributed by atoms with van der Waals surface area (Å²) in [6.07, 6.45) is 2.66. The van der Waals surface area contributed by atoms with E-state index >= 15 is 0 Å². The number of hydrogen-bond donors (Lipinski definition) is 0. The van der Waals surface area contributed by atoms with Gasteiger partial charge in [-0.2, -0.15) is 0 Å². The van der Waals surface area contributed by atoms with Crippen molar-refractivity contribution in [2.24, 2.45) is 0 Å². The van der Waals surface area contributed by atoms with Gasteiger partial charge in [-0.15, -0.1) is 0 Å². The normalized spacial score (nSPS) is 23.4. The van der Waals surface area contributed by atoms with E-state index in [0.717, 1.165) is 49.6 Å². The lowest BCUT2D eigenvalue weighted by Gasteiger charge is -2.43. The number of piperidine rings is 1.